The third kappa shape index (κ3) is 3.57. The molecule has 1 amide bonds. The Morgan fingerprint density at radius 1 is 1.28 bits per heavy atom. The molecule has 3 aromatic rings. The molecule has 1 fully saturated rings. The molecule has 4 rings (SSSR count). The topological polar surface area (TPSA) is 88.0 Å². The van der Waals surface area contributed by atoms with Gasteiger partial charge in [-0.2, -0.15) is 13.2 Å². The van der Waals surface area contributed by atoms with Crippen LogP contribution < -0.4 is 0 Å². The maximum Gasteiger partial charge on any atom is 0.420 e. The van der Waals surface area contributed by atoms with Crippen molar-refractivity contribution in [3.63, 3.8) is 0 Å². The smallest absolute Gasteiger partial charge is 0.420 e. The number of aliphatic carboxylic acids is 1. The number of imidazole rings is 1. The summed E-state index contributed by atoms with van der Waals surface area (Å²) in [5, 5.41) is 9.21. The Labute approximate surface area is 162 Å². The van der Waals surface area contributed by atoms with Crippen LogP contribution in [0.3, 0.4) is 0 Å². The number of nitrogens with zero attached hydrogens (tertiary/aromatic N) is 3. The molecule has 0 radical (unpaired) electrons. The monoisotopic (exact) mass is 407 g/mol. The average Bonchev–Trinajstić information content (AvgIpc) is 3.38. The van der Waals surface area contributed by atoms with E-state index in [1.165, 1.54) is 34.2 Å². The fourth-order valence-corrected chi connectivity index (χ4v) is 3.61. The van der Waals surface area contributed by atoms with Gasteiger partial charge < -0.3 is 18.8 Å². The van der Waals surface area contributed by atoms with Crippen LogP contribution in [0.25, 0.3) is 16.8 Å². The van der Waals surface area contributed by atoms with Gasteiger partial charge in [0.15, 0.2) is 0 Å². The molecule has 152 valence electrons. The zero-order valence-electron chi connectivity index (χ0n) is 15.0. The molecule has 0 bridgehead atoms. The largest absolute Gasteiger partial charge is 0.480 e. The zero-order chi connectivity index (χ0) is 20.8. The molecule has 1 unspecified atom stereocenters. The number of alkyl halides is 3. The molecule has 7 nitrogen and oxygen atoms in total. The van der Waals surface area contributed by atoms with Gasteiger partial charge in [-0.3, -0.25) is 4.79 Å². The van der Waals surface area contributed by atoms with Crippen LogP contribution in [-0.2, 0) is 22.2 Å². The predicted octanol–water partition coefficient (Wildman–Crippen LogP) is 3.23. The molecule has 4 heterocycles. The van der Waals surface area contributed by atoms with Gasteiger partial charge in [-0.1, -0.05) is 0 Å². The zero-order valence-corrected chi connectivity index (χ0v) is 15.0. The number of likely N-dealkylation sites (tertiary alicyclic amines) is 1. The van der Waals surface area contributed by atoms with Gasteiger partial charge in [0.25, 0.3) is 0 Å². The van der Waals surface area contributed by atoms with Crippen molar-refractivity contribution in [2.45, 2.75) is 31.5 Å². The summed E-state index contributed by atoms with van der Waals surface area (Å²) in [7, 11) is 0. The van der Waals surface area contributed by atoms with Crippen molar-refractivity contribution in [1.29, 1.82) is 0 Å². The molecule has 1 aliphatic heterocycles. The second-order valence-electron chi connectivity index (χ2n) is 6.88. The lowest BCUT2D eigenvalue weighted by atomic mass is 10.1. The number of hydrogen-bond acceptors (Lipinski definition) is 4. The lowest BCUT2D eigenvalue weighted by Crippen LogP contribution is -2.41. The van der Waals surface area contributed by atoms with E-state index in [9.17, 15) is 27.9 Å². The number of carbonyl (C=O) groups excluding carboxylic acids is 1. The van der Waals surface area contributed by atoms with Crippen LogP contribution in [0, 0.1) is 0 Å². The van der Waals surface area contributed by atoms with Gasteiger partial charge in [0, 0.05) is 30.1 Å². The molecular weight excluding hydrogens is 391 g/mol. The fourth-order valence-electron chi connectivity index (χ4n) is 3.61. The number of furan rings is 1. The molecule has 0 saturated carbocycles. The van der Waals surface area contributed by atoms with E-state index in [0.29, 0.717) is 30.5 Å². The predicted molar refractivity (Wildman–Crippen MR) is 94.0 cm³/mol. The van der Waals surface area contributed by atoms with Crippen LogP contribution in [0.15, 0.2) is 41.5 Å². The molecule has 3 aromatic heterocycles. The van der Waals surface area contributed by atoms with Crippen molar-refractivity contribution in [3.8, 4) is 11.1 Å². The first-order chi connectivity index (χ1) is 13.7. The minimum atomic E-state index is -4.64. The quantitative estimate of drug-likeness (QED) is 0.718. The number of rotatable bonds is 4. The third-order valence-corrected chi connectivity index (χ3v) is 4.95. The van der Waals surface area contributed by atoms with Gasteiger partial charge >= 0.3 is 12.1 Å². The first-order valence-electron chi connectivity index (χ1n) is 8.87. The van der Waals surface area contributed by atoms with Crippen LogP contribution in [0.2, 0.25) is 0 Å². The standard InChI is InChI=1S/C19H16F3N3O4/c20-19(21,22)14-6-12(11-3-5-29-10-11)8-24-9-13(23-17(14)24)7-16(26)25-4-1-2-15(25)18(27)28/h3,5-6,8-10,15H,1-2,4,7H2,(H,27,28). The lowest BCUT2D eigenvalue weighted by molar-refractivity contribution is -0.148. The van der Waals surface area contributed by atoms with E-state index in [-0.39, 0.29) is 17.8 Å². The SMILES string of the molecule is O=C(O)C1CCCN1C(=O)Cc1cn2cc(-c3ccoc3)cc(C(F)(F)F)c2n1. The minimum Gasteiger partial charge on any atom is -0.480 e. The fraction of sp³-hybridized carbons (Fsp3) is 0.316. The number of amides is 1. The number of carbonyl (C=O) groups is 2. The van der Waals surface area contributed by atoms with Crippen LogP contribution in [0.4, 0.5) is 13.2 Å². The summed E-state index contributed by atoms with van der Waals surface area (Å²) in [6.07, 6.45) is 1.55. The molecule has 0 spiro atoms. The number of hydrogen-bond donors (Lipinski definition) is 1. The van der Waals surface area contributed by atoms with Crippen LogP contribution in [-0.4, -0.2) is 43.9 Å². The van der Waals surface area contributed by atoms with Gasteiger partial charge in [0.2, 0.25) is 5.91 Å². The molecule has 1 saturated heterocycles. The Bertz CT molecular complexity index is 1070. The van der Waals surface area contributed by atoms with Gasteiger partial charge in [0.1, 0.15) is 11.7 Å². The Balaban J connectivity index is 1.70. The van der Waals surface area contributed by atoms with Crippen molar-refractivity contribution < 1.29 is 32.3 Å². The van der Waals surface area contributed by atoms with Gasteiger partial charge in [-0.05, 0) is 25.0 Å². The summed E-state index contributed by atoms with van der Waals surface area (Å²) in [4.78, 5) is 29.0. The maximum atomic E-state index is 13.6. The number of fused-ring (bicyclic) bond motifs is 1. The van der Waals surface area contributed by atoms with Crippen molar-refractivity contribution in [3.05, 3.63) is 48.3 Å². The number of pyridine rings is 1. The summed E-state index contributed by atoms with van der Waals surface area (Å²) in [5.41, 5.74) is -0.339. The van der Waals surface area contributed by atoms with Crippen molar-refractivity contribution in [2.75, 3.05) is 6.54 Å². The van der Waals surface area contributed by atoms with E-state index in [1.54, 1.807) is 6.07 Å². The molecular formula is C19H16F3N3O4. The second kappa shape index (κ2) is 6.94. The highest BCUT2D eigenvalue weighted by molar-refractivity contribution is 5.85. The number of carboxylic acid groups (broad SMARTS) is 1. The average molecular weight is 407 g/mol. The van der Waals surface area contributed by atoms with Crippen LogP contribution >= 0.6 is 0 Å². The van der Waals surface area contributed by atoms with E-state index in [0.717, 1.165) is 6.07 Å². The van der Waals surface area contributed by atoms with Crippen molar-refractivity contribution >= 4 is 17.5 Å². The second-order valence-corrected chi connectivity index (χ2v) is 6.88. The van der Waals surface area contributed by atoms with Gasteiger partial charge in [-0.15, -0.1) is 0 Å². The molecule has 0 aromatic carbocycles. The van der Waals surface area contributed by atoms with E-state index in [4.69, 9.17) is 4.42 Å². The Morgan fingerprint density at radius 3 is 2.72 bits per heavy atom. The lowest BCUT2D eigenvalue weighted by Gasteiger charge is -2.20. The first-order valence-corrected chi connectivity index (χ1v) is 8.87. The minimum absolute atomic E-state index is 0.140. The van der Waals surface area contributed by atoms with Gasteiger partial charge in [-0.25, -0.2) is 9.78 Å². The Hall–Kier alpha value is -3.30. The third-order valence-electron chi connectivity index (χ3n) is 4.95. The van der Waals surface area contributed by atoms with Crippen LogP contribution in [0.5, 0.6) is 0 Å². The molecule has 1 atom stereocenters. The molecule has 0 aliphatic carbocycles. The molecule has 1 aliphatic rings. The molecule has 10 heteroatoms. The highest BCUT2D eigenvalue weighted by Crippen LogP contribution is 2.35. The van der Waals surface area contributed by atoms with Crippen molar-refractivity contribution in [1.82, 2.24) is 14.3 Å². The summed E-state index contributed by atoms with van der Waals surface area (Å²) in [6, 6.07) is 1.62. The van der Waals surface area contributed by atoms with Gasteiger partial charge in [0.05, 0.1) is 30.2 Å². The van der Waals surface area contributed by atoms with E-state index in [1.807, 2.05) is 0 Å². The van der Waals surface area contributed by atoms with E-state index >= 15 is 0 Å². The van der Waals surface area contributed by atoms with Crippen LogP contribution in [0.1, 0.15) is 24.1 Å². The molecule has 1 N–H and O–H groups in total. The van der Waals surface area contributed by atoms with Crippen molar-refractivity contribution in [2.24, 2.45) is 0 Å². The normalized spacial score (nSPS) is 17.2. The highest BCUT2D eigenvalue weighted by atomic mass is 19.4. The summed E-state index contributed by atoms with van der Waals surface area (Å²) in [6.45, 7) is 0.307. The number of aromatic nitrogens is 2. The Morgan fingerprint density at radius 2 is 2.07 bits per heavy atom. The van der Waals surface area contributed by atoms with E-state index < -0.39 is 29.7 Å². The molecule has 29 heavy (non-hydrogen) atoms. The summed E-state index contributed by atoms with van der Waals surface area (Å²) >= 11 is 0. The summed E-state index contributed by atoms with van der Waals surface area (Å²) < 4.78 is 46.9. The number of carboxylic acids is 1. The number of halogens is 3. The maximum absolute atomic E-state index is 13.6. The van der Waals surface area contributed by atoms with E-state index in [2.05, 4.69) is 4.98 Å². The highest BCUT2D eigenvalue weighted by Gasteiger charge is 2.36. The summed E-state index contributed by atoms with van der Waals surface area (Å²) in [5.74, 6) is -1.56. The Kier molecular flexibility index (Phi) is 4.56. The first kappa shape index (κ1) is 19.0.